The Morgan fingerprint density at radius 3 is 2.58 bits per heavy atom. The summed E-state index contributed by atoms with van der Waals surface area (Å²) in [6.07, 6.45) is 2.67. The van der Waals surface area contributed by atoms with Gasteiger partial charge >= 0.3 is 6.01 Å². The Balaban J connectivity index is 1.55. The molecule has 2 aromatic carbocycles. The van der Waals surface area contributed by atoms with E-state index in [1.165, 1.54) is 42.5 Å². The number of nitrogen functional groups attached to an aromatic ring is 1. The number of hydrogen-bond donors (Lipinski definition) is 2. The average molecular weight is 516 g/mol. The van der Waals surface area contributed by atoms with E-state index in [1.54, 1.807) is 30.3 Å². The van der Waals surface area contributed by atoms with Crippen molar-refractivity contribution in [2.75, 3.05) is 18.2 Å². The van der Waals surface area contributed by atoms with Crippen LogP contribution in [-0.4, -0.2) is 42.8 Å². The molecule has 0 aliphatic heterocycles. The molecule has 1 amide bonds. The third-order valence-corrected chi connectivity index (χ3v) is 5.37. The summed E-state index contributed by atoms with van der Waals surface area (Å²) in [5.41, 5.74) is 8.72. The summed E-state index contributed by atoms with van der Waals surface area (Å²) in [6.45, 7) is 2.97. The van der Waals surface area contributed by atoms with Gasteiger partial charge in [-0.05, 0) is 29.8 Å². The van der Waals surface area contributed by atoms with Crippen molar-refractivity contribution in [3.8, 4) is 40.0 Å². The van der Waals surface area contributed by atoms with E-state index in [1.807, 2.05) is 0 Å². The van der Waals surface area contributed by atoms with E-state index in [9.17, 15) is 9.18 Å². The van der Waals surface area contributed by atoms with Gasteiger partial charge < -0.3 is 20.5 Å². The number of rotatable bonds is 7. The zero-order valence-corrected chi connectivity index (χ0v) is 19.7. The number of nitrogens with two attached hydrogens (primary N) is 1. The molecular weight excluding hydrogens is 498 g/mol. The number of ether oxygens (including phenoxy) is 2. The second-order valence-corrected chi connectivity index (χ2v) is 7.77. The summed E-state index contributed by atoms with van der Waals surface area (Å²) in [5.74, 6) is -2.48. The summed E-state index contributed by atoms with van der Waals surface area (Å²) in [7, 11) is 1.44. The minimum absolute atomic E-state index is 0.0890. The third kappa shape index (κ3) is 4.67. The Morgan fingerprint density at radius 2 is 1.87 bits per heavy atom. The summed E-state index contributed by atoms with van der Waals surface area (Å²) in [5, 5.41) is 11.0. The lowest BCUT2D eigenvalue weighted by molar-refractivity contribution is -0.114. The molecule has 0 saturated carbocycles. The number of carbonyl (C=O) groups is 1. The zero-order valence-electron chi connectivity index (χ0n) is 19.7. The Hall–Kier alpha value is -5.46. The number of aromatic nitrogens is 6. The van der Waals surface area contributed by atoms with Crippen LogP contribution in [0.2, 0.25) is 0 Å². The van der Waals surface area contributed by atoms with Crippen LogP contribution in [0.25, 0.3) is 27.9 Å². The van der Waals surface area contributed by atoms with Crippen molar-refractivity contribution in [1.29, 1.82) is 0 Å². The molecule has 0 unspecified atom stereocenters. The number of fused-ring (bicyclic) bond motifs is 1. The number of anilines is 2. The largest absolute Gasteiger partial charge is 0.481 e. The molecule has 0 radical (unpaired) electrons. The number of nitrogens with one attached hydrogen (secondary N) is 1. The lowest BCUT2D eigenvalue weighted by Crippen LogP contribution is -2.10. The molecule has 3 aromatic heterocycles. The fraction of sp³-hybridized carbons (Fsp3) is 0.0400. The van der Waals surface area contributed by atoms with Crippen LogP contribution in [0.5, 0.6) is 17.6 Å². The summed E-state index contributed by atoms with van der Waals surface area (Å²) >= 11 is 0. The first kappa shape index (κ1) is 24.2. The van der Waals surface area contributed by atoms with Gasteiger partial charge in [0.25, 0.3) is 5.91 Å². The van der Waals surface area contributed by atoms with Crippen LogP contribution in [0, 0.1) is 5.82 Å². The first-order valence-electron chi connectivity index (χ1n) is 10.9. The van der Waals surface area contributed by atoms with Crippen LogP contribution >= 0.6 is 0 Å². The molecule has 0 saturated heterocycles. The minimum atomic E-state index is -1.11. The number of benzene rings is 2. The van der Waals surface area contributed by atoms with Gasteiger partial charge in [0.2, 0.25) is 5.88 Å². The highest BCUT2D eigenvalue weighted by molar-refractivity contribution is 6.02. The highest BCUT2D eigenvalue weighted by Crippen LogP contribution is 2.38. The molecule has 190 valence electrons. The molecule has 5 aromatic rings. The standard InChI is InChI=1S/C25H18F2N8O3/c1-13(26)24(36)32-16-6-3-14(4-7-16)21-20(22-23(28)30-12-31-35(22)34-21)15-5-8-18(17(27)11-15)38-25-29-10-9-19(33-25)37-2/h3-12H,1H2,2H3,(H,32,36)(H2,28,30,31). The van der Waals surface area contributed by atoms with Crippen LogP contribution in [0.15, 0.2) is 73.5 Å². The van der Waals surface area contributed by atoms with E-state index in [4.69, 9.17) is 15.2 Å². The lowest BCUT2D eigenvalue weighted by atomic mass is 9.99. The van der Waals surface area contributed by atoms with Gasteiger partial charge in [-0.15, -0.1) is 14.8 Å². The number of methoxy groups -OCH3 is 1. The van der Waals surface area contributed by atoms with Crippen molar-refractivity contribution in [2.45, 2.75) is 0 Å². The van der Waals surface area contributed by atoms with Crippen LogP contribution in [0.3, 0.4) is 0 Å². The normalized spacial score (nSPS) is 10.8. The molecule has 3 N–H and O–H groups in total. The second-order valence-electron chi connectivity index (χ2n) is 7.77. The summed E-state index contributed by atoms with van der Waals surface area (Å²) < 4.78 is 40.1. The molecule has 0 bridgehead atoms. The van der Waals surface area contributed by atoms with Crippen molar-refractivity contribution in [2.24, 2.45) is 0 Å². The molecule has 3 heterocycles. The summed E-state index contributed by atoms with van der Waals surface area (Å²) in [6, 6.07) is 12.2. The molecular formula is C25H18F2N8O3. The Morgan fingerprint density at radius 1 is 1.11 bits per heavy atom. The van der Waals surface area contributed by atoms with Gasteiger partial charge in [0, 0.05) is 29.1 Å². The predicted molar refractivity (Wildman–Crippen MR) is 134 cm³/mol. The predicted octanol–water partition coefficient (Wildman–Crippen LogP) is 4.19. The maximum Gasteiger partial charge on any atom is 0.325 e. The molecule has 0 fully saturated rings. The average Bonchev–Trinajstić information content (AvgIpc) is 3.31. The molecule has 13 heteroatoms. The van der Waals surface area contributed by atoms with Gasteiger partial charge in [0.15, 0.2) is 23.2 Å². The van der Waals surface area contributed by atoms with E-state index in [2.05, 4.69) is 37.0 Å². The van der Waals surface area contributed by atoms with Crippen molar-refractivity contribution in [3.63, 3.8) is 0 Å². The second kappa shape index (κ2) is 9.89. The fourth-order valence-electron chi connectivity index (χ4n) is 3.63. The van der Waals surface area contributed by atoms with E-state index in [0.717, 1.165) is 0 Å². The fourth-order valence-corrected chi connectivity index (χ4v) is 3.63. The zero-order chi connectivity index (χ0) is 26.8. The number of amides is 1. The third-order valence-electron chi connectivity index (χ3n) is 5.37. The van der Waals surface area contributed by atoms with Gasteiger partial charge in [-0.1, -0.05) is 24.8 Å². The van der Waals surface area contributed by atoms with Gasteiger partial charge in [-0.2, -0.15) is 4.98 Å². The highest BCUT2D eigenvalue weighted by atomic mass is 19.1. The van der Waals surface area contributed by atoms with Crippen LogP contribution in [0.4, 0.5) is 20.3 Å². The lowest BCUT2D eigenvalue weighted by Gasteiger charge is -2.09. The number of halogens is 2. The Labute approximate surface area is 213 Å². The maximum absolute atomic E-state index is 15.2. The van der Waals surface area contributed by atoms with Crippen molar-refractivity contribution >= 4 is 22.9 Å². The molecule has 5 rings (SSSR count). The van der Waals surface area contributed by atoms with Crippen LogP contribution in [0.1, 0.15) is 0 Å². The minimum Gasteiger partial charge on any atom is -0.481 e. The smallest absolute Gasteiger partial charge is 0.325 e. The van der Waals surface area contributed by atoms with Gasteiger partial charge in [0.05, 0.1) is 7.11 Å². The number of carbonyl (C=O) groups excluding carboxylic acids is 1. The topological polar surface area (TPSA) is 142 Å². The number of hydrogen-bond acceptors (Lipinski definition) is 9. The van der Waals surface area contributed by atoms with E-state index in [0.29, 0.717) is 33.6 Å². The molecule has 0 aliphatic carbocycles. The van der Waals surface area contributed by atoms with Crippen LogP contribution in [-0.2, 0) is 4.79 Å². The van der Waals surface area contributed by atoms with Gasteiger partial charge in [-0.3, -0.25) is 4.79 Å². The molecule has 0 atom stereocenters. The SMILES string of the molecule is C=C(F)C(=O)Nc1ccc(-c2nn3ncnc(N)c3c2-c2ccc(Oc3nccc(OC)n3)c(F)c2)cc1. The molecule has 11 nitrogen and oxygen atoms in total. The van der Waals surface area contributed by atoms with Gasteiger partial charge in [-0.25, -0.2) is 18.7 Å². The molecule has 0 spiro atoms. The van der Waals surface area contributed by atoms with Crippen molar-refractivity contribution in [1.82, 2.24) is 29.8 Å². The van der Waals surface area contributed by atoms with Crippen molar-refractivity contribution in [3.05, 3.63) is 79.3 Å². The molecule has 38 heavy (non-hydrogen) atoms. The first-order valence-corrected chi connectivity index (χ1v) is 10.9. The monoisotopic (exact) mass is 516 g/mol. The highest BCUT2D eigenvalue weighted by Gasteiger charge is 2.21. The van der Waals surface area contributed by atoms with E-state index < -0.39 is 17.6 Å². The Bertz CT molecular complexity index is 1690. The first-order chi connectivity index (χ1) is 18.3. The maximum atomic E-state index is 15.2. The quantitative estimate of drug-likeness (QED) is 0.304. The summed E-state index contributed by atoms with van der Waals surface area (Å²) in [4.78, 5) is 23.6. The van der Waals surface area contributed by atoms with Crippen LogP contribution < -0.4 is 20.5 Å². The van der Waals surface area contributed by atoms with E-state index >= 15 is 4.39 Å². The Kier molecular flexibility index (Phi) is 6.31. The van der Waals surface area contributed by atoms with E-state index in [-0.39, 0.29) is 23.5 Å². The number of nitrogens with zero attached hydrogens (tertiary/aromatic N) is 6. The van der Waals surface area contributed by atoms with Crippen molar-refractivity contribution < 1.29 is 23.0 Å². The molecule has 0 aliphatic rings. The van der Waals surface area contributed by atoms with Gasteiger partial charge in [0.1, 0.15) is 17.5 Å².